The average molecular weight is 308 g/mol. The summed E-state index contributed by atoms with van der Waals surface area (Å²) in [7, 11) is 0. The van der Waals surface area contributed by atoms with Crippen LogP contribution in [0.1, 0.15) is 6.92 Å². The van der Waals surface area contributed by atoms with Crippen LogP contribution < -0.4 is 0 Å². The quantitative estimate of drug-likeness (QED) is 0.508. The Kier molecular flexibility index (Phi) is 5.51. The van der Waals surface area contributed by atoms with Crippen molar-refractivity contribution in [3.05, 3.63) is 0 Å². The molecule has 0 aromatic carbocycles. The van der Waals surface area contributed by atoms with Crippen molar-refractivity contribution in [3.63, 3.8) is 0 Å². The van der Waals surface area contributed by atoms with Crippen molar-refractivity contribution in [2.45, 2.75) is 31.2 Å². The first-order valence-electron chi connectivity index (χ1n) is 5.52. The van der Waals surface area contributed by atoms with Gasteiger partial charge in [-0.2, -0.15) is 8.78 Å². The predicted molar refractivity (Wildman–Crippen MR) is 53.5 cm³/mol. The molecule has 1 rings (SSSR count). The monoisotopic (exact) mass is 308 g/mol. The molecule has 0 bridgehead atoms. The first-order valence-corrected chi connectivity index (χ1v) is 5.52. The first kappa shape index (κ1) is 16.9. The lowest BCUT2D eigenvalue weighted by molar-refractivity contribution is -0.236. The second-order valence-corrected chi connectivity index (χ2v) is 4.27. The van der Waals surface area contributed by atoms with Gasteiger partial charge in [-0.15, -0.1) is 0 Å². The molecule has 1 aliphatic heterocycles. The van der Waals surface area contributed by atoms with E-state index >= 15 is 0 Å². The van der Waals surface area contributed by atoms with Crippen LogP contribution in [0.4, 0.5) is 26.7 Å². The molecule has 0 aromatic heterocycles. The summed E-state index contributed by atoms with van der Waals surface area (Å²) in [4.78, 5) is 10.5. The number of alkyl halides is 5. The number of hydrogen-bond acceptors (Lipinski definition) is 5. The summed E-state index contributed by atoms with van der Waals surface area (Å²) in [5, 5.41) is 0. The fourth-order valence-electron chi connectivity index (χ4n) is 1.17. The molecular weight excluding hydrogens is 295 g/mol. The minimum Gasteiger partial charge on any atom is -0.430 e. The summed E-state index contributed by atoms with van der Waals surface area (Å²) < 4.78 is 80.1. The van der Waals surface area contributed by atoms with Crippen LogP contribution in [-0.2, 0) is 18.9 Å². The molecule has 1 fully saturated rings. The molecular formula is C10H13F5O5. The van der Waals surface area contributed by atoms with Crippen molar-refractivity contribution in [2.75, 3.05) is 26.4 Å². The number of halogens is 5. The fourth-order valence-corrected chi connectivity index (χ4v) is 1.17. The Morgan fingerprint density at radius 1 is 1.35 bits per heavy atom. The maximum Gasteiger partial charge on any atom is 0.508 e. The number of cyclic esters (lactones) is 2. The molecule has 2 atom stereocenters. The van der Waals surface area contributed by atoms with Crippen LogP contribution in [-0.4, -0.2) is 56.9 Å². The highest BCUT2D eigenvalue weighted by molar-refractivity contribution is 5.61. The SMILES string of the molecule is CC(F)(COCC1COC(=O)O1)OCC(F)(F)C(F)F. The fraction of sp³-hybridized carbons (Fsp3) is 0.900. The van der Waals surface area contributed by atoms with Crippen molar-refractivity contribution < 1.29 is 45.7 Å². The van der Waals surface area contributed by atoms with Crippen molar-refractivity contribution >= 4 is 6.16 Å². The highest BCUT2D eigenvalue weighted by atomic mass is 19.3. The summed E-state index contributed by atoms with van der Waals surface area (Å²) in [5.74, 6) is -7.12. The van der Waals surface area contributed by atoms with E-state index in [4.69, 9.17) is 4.74 Å². The van der Waals surface area contributed by atoms with Gasteiger partial charge in [0.25, 0.3) is 0 Å². The largest absolute Gasteiger partial charge is 0.508 e. The van der Waals surface area contributed by atoms with Crippen molar-refractivity contribution in [2.24, 2.45) is 0 Å². The number of rotatable bonds is 8. The lowest BCUT2D eigenvalue weighted by atomic mass is 10.3. The summed E-state index contributed by atoms with van der Waals surface area (Å²) in [6, 6.07) is 0. The van der Waals surface area contributed by atoms with E-state index in [1.54, 1.807) is 0 Å². The summed E-state index contributed by atoms with van der Waals surface area (Å²) in [6.45, 7) is -2.12. The standard InChI is InChI=1S/C10H13F5O5/c1-9(13,19-5-10(14,15)7(11)12)4-17-2-6-3-18-8(16)20-6/h6-7H,2-5H2,1H3. The molecule has 0 aromatic rings. The molecule has 0 N–H and O–H groups in total. The van der Waals surface area contributed by atoms with E-state index in [9.17, 15) is 26.7 Å². The van der Waals surface area contributed by atoms with Gasteiger partial charge in [-0.05, 0) is 6.92 Å². The van der Waals surface area contributed by atoms with Gasteiger partial charge < -0.3 is 18.9 Å². The van der Waals surface area contributed by atoms with Crippen molar-refractivity contribution in [3.8, 4) is 0 Å². The van der Waals surface area contributed by atoms with Gasteiger partial charge in [-0.1, -0.05) is 0 Å². The molecule has 1 aliphatic rings. The van der Waals surface area contributed by atoms with Gasteiger partial charge >= 0.3 is 18.5 Å². The molecule has 2 unspecified atom stereocenters. The number of ether oxygens (including phenoxy) is 4. The van der Waals surface area contributed by atoms with Crippen LogP contribution >= 0.6 is 0 Å². The Balaban J connectivity index is 2.25. The third kappa shape index (κ3) is 5.45. The van der Waals surface area contributed by atoms with Crippen molar-refractivity contribution in [1.29, 1.82) is 0 Å². The van der Waals surface area contributed by atoms with Gasteiger partial charge in [-0.25, -0.2) is 18.0 Å². The van der Waals surface area contributed by atoms with Gasteiger partial charge in [0.2, 0.25) is 5.85 Å². The predicted octanol–water partition coefficient (Wildman–Crippen LogP) is 2.14. The summed E-state index contributed by atoms with van der Waals surface area (Å²) in [6.07, 6.45) is -5.58. The second-order valence-electron chi connectivity index (χ2n) is 4.27. The summed E-state index contributed by atoms with van der Waals surface area (Å²) >= 11 is 0. The Morgan fingerprint density at radius 2 is 2.00 bits per heavy atom. The zero-order valence-corrected chi connectivity index (χ0v) is 10.4. The maximum absolute atomic E-state index is 13.6. The Bertz CT molecular complexity index is 336. The van der Waals surface area contributed by atoms with E-state index in [0.717, 1.165) is 6.92 Å². The van der Waals surface area contributed by atoms with E-state index in [1.165, 1.54) is 0 Å². The van der Waals surface area contributed by atoms with Crippen LogP contribution in [0.15, 0.2) is 0 Å². The highest BCUT2D eigenvalue weighted by Gasteiger charge is 2.43. The molecule has 10 heteroatoms. The van der Waals surface area contributed by atoms with E-state index in [-0.39, 0.29) is 13.2 Å². The lowest BCUT2D eigenvalue weighted by Crippen LogP contribution is -2.39. The van der Waals surface area contributed by atoms with E-state index in [1.807, 2.05) is 0 Å². The molecule has 0 radical (unpaired) electrons. The van der Waals surface area contributed by atoms with Crippen LogP contribution in [0.3, 0.4) is 0 Å². The zero-order chi connectivity index (χ0) is 15.4. The topological polar surface area (TPSA) is 54.0 Å². The van der Waals surface area contributed by atoms with E-state index < -0.39 is 43.7 Å². The van der Waals surface area contributed by atoms with Gasteiger partial charge in [-0.3, -0.25) is 0 Å². The van der Waals surface area contributed by atoms with Crippen LogP contribution in [0.2, 0.25) is 0 Å². The van der Waals surface area contributed by atoms with Crippen molar-refractivity contribution in [1.82, 2.24) is 0 Å². The van der Waals surface area contributed by atoms with Gasteiger partial charge in [0.15, 0.2) is 6.10 Å². The third-order valence-corrected chi connectivity index (χ3v) is 2.20. The molecule has 0 saturated carbocycles. The van der Waals surface area contributed by atoms with Crippen LogP contribution in [0.25, 0.3) is 0 Å². The van der Waals surface area contributed by atoms with Gasteiger partial charge in [0, 0.05) is 0 Å². The number of carbonyl (C=O) groups is 1. The Hall–Kier alpha value is -1.16. The molecule has 20 heavy (non-hydrogen) atoms. The molecule has 0 aliphatic carbocycles. The summed E-state index contributed by atoms with van der Waals surface area (Å²) in [5.41, 5.74) is 0. The minimum atomic E-state index is -4.44. The second kappa shape index (κ2) is 6.53. The van der Waals surface area contributed by atoms with Crippen LogP contribution in [0.5, 0.6) is 0 Å². The molecule has 1 heterocycles. The first-order chi connectivity index (χ1) is 9.12. The van der Waals surface area contributed by atoms with E-state index in [2.05, 4.69) is 14.2 Å². The number of carbonyl (C=O) groups excluding carboxylic acids is 1. The average Bonchev–Trinajstić information content (AvgIpc) is 2.72. The Morgan fingerprint density at radius 3 is 2.50 bits per heavy atom. The minimum absolute atomic E-state index is 0.0772. The molecule has 0 amide bonds. The molecule has 5 nitrogen and oxygen atoms in total. The highest BCUT2D eigenvalue weighted by Crippen LogP contribution is 2.26. The van der Waals surface area contributed by atoms with Gasteiger partial charge in [0.1, 0.15) is 19.8 Å². The maximum atomic E-state index is 13.6. The van der Waals surface area contributed by atoms with Gasteiger partial charge in [0.05, 0.1) is 6.61 Å². The number of hydrogen-bond donors (Lipinski definition) is 0. The van der Waals surface area contributed by atoms with Crippen LogP contribution in [0, 0.1) is 0 Å². The smallest absolute Gasteiger partial charge is 0.430 e. The normalized spacial score (nSPS) is 22.6. The third-order valence-electron chi connectivity index (χ3n) is 2.20. The van der Waals surface area contributed by atoms with E-state index in [0.29, 0.717) is 0 Å². The Labute approximate surface area is 110 Å². The molecule has 0 spiro atoms. The zero-order valence-electron chi connectivity index (χ0n) is 10.4. The molecule has 118 valence electrons. The molecule has 1 saturated heterocycles. The lowest BCUT2D eigenvalue weighted by Gasteiger charge is -2.24.